The minimum absolute atomic E-state index is 0.550. The summed E-state index contributed by atoms with van der Waals surface area (Å²) in [4.78, 5) is 5.15. The van der Waals surface area contributed by atoms with Crippen LogP contribution in [-0.2, 0) is 6.54 Å². The molecule has 0 radical (unpaired) electrons. The standard InChI is InChI=1S/C21H33N3/c1-15-11-20(17(3)21(22)12-15)14-23-9-10-24(16(2)13-23)18(4)19-7-5-6-8-19/h11-12,16,19H,4-10,13-14,22H2,1-3H3/t16-/m0/s1. The van der Waals surface area contributed by atoms with Crippen molar-refractivity contribution in [3.8, 4) is 0 Å². The van der Waals surface area contributed by atoms with Crippen molar-refractivity contribution < 1.29 is 0 Å². The Morgan fingerprint density at radius 3 is 2.58 bits per heavy atom. The summed E-state index contributed by atoms with van der Waals surface area (Å²) in [5.41, 5.74) is 12.3. The summed E-state index contributed by atoms with van der Waals surface area (Å²) in [6, 6.07) is 4.92. The highest BCUT2D eigenvalue weighted by Crippen LogP contribution is 2.33. The number of benzene rings is 1. The number of nitrogens with two attached hydrogens (primary N) is 1. The molecule has 3 nitrogen and oxygen atoms in total. The van der Waals surface area contributed by atoms with Crippen LogP contribution < -0.4 is 5.73 Å². The molecular formula is C21H33N3. The number of hydrogen-bond donors (Lipinski definition) is 1. The van der Waals surface area contributed by atoms with Gasteiger partial charge in [0.2, 0.25) is 0 Å². The number of nitrogens with zero attached hydrogens (tertiary/aromatic N) is 2. The first-order valence-electron chi connectivity index (χ1n) is 9.49. The second kappa shape index (κ2) is 7.18. The highest BCUT2D eigenvalue weighted by molar-refractivity contribution is 5.52. The van der Waals surface area contributed by atoms with Gasteiger partial charge < -0.3 is 10.6 Å². The van der Waals surface area contributed by atoms with Crippen LogP contribution in [0.2, 0.25) is 0 Å². The Hall–Kier alpha value is -1.48. The van der Waals surface area contributed by atoms with Crippen LogP contribution in [0.5, 0.6) is 0 Å². The predicted octanol–water partition coefficient (Wildman–Crippen LogP) is 4.10. The van der Waals surface area contributed by atoms with Gasteiger partial charge in [0.05, 0.1) is 0 Å². The molecule has 0 amide bonds. The van der Waals surface area contributed by atoms with E-state index in [1.165, 1.54) is 48.1 Å². The zero-order valence-electron chi connectivity index (χ0n) is 15.6. The Bertz CT molecular complexity index is 601. The zero-order chi connectivity index (χ0) is 17.3. The highest BCUT2D eigenvalue weighted by Gasteiger charge is 2.29. The molecule has 24 heavy (non-hydrogen) atoms. The average molecular weight is 328 g/mol. The maximum Gasteiger partial charge on any atom is 0.0386 e. The molecule has 1 aromatic rings. The van der Waals surface area contributed by atoms with Gasteiger partial charge in [0.25, 0.3) is 0 Å². The minimum Gasteiger partial charge on any atom is -0.398 e. The Labute approximate surface area is 147 Å². The van der Waals surface area contributed by atoms with Crippen LogP contribution in [0, 0.1) is 19.8 Å². The molecule has 3 rings (SSSR count). The quantitative estimate of drug-likeness (QED) is 0.845. The zero-order valence-corrected chi connectivity index (χ0v) is 15.6. The van der Waals surface area contributed by atoms with Crippen molar-refractivity contribution in [3.63, 3.8) is 0 Å². The van der Waals surface area contributed by atoms with Gasteiger partial charge in [0, 0.05) is 43.6 Å². The molecule has 0 bridgehead atoms. The van der Waals surface area contributed by atoms with E-state index in [1.807, 2.05) is 0 Å². The van der Waals surface area contributed by atoms with E-state index < -0.39 is 0 Å². The average Bonchev–Trinajstić information content (AvgIpc) is 3.06. The monoisotopic (exact) mass is 327 g/mol. The Balaban J connectivity index is 1.62. The molecule has 2 fully saturated rings. The summed E-state index contributed by atoms with van der Waals surface area (Å²) in [7, 11) is 0. The van der Waals surface area contributed by atoms with Crippen molar-refractivity contribution in [2.24, 2.45) is 5.92 Å². The van der Waals surface area contributed by atoms with Crippen molar-refractivity contribution >= 4 is 5.69 Å². The minimum atomic E-state index is 0.550. The first-order valence-corrected chi connectivity index (χ1v) is 9.49. The lowest BCUT2D eigenvalue weighted by molar-refractivity contribution is 0.0963. The molecule has 2 N–H and O–H groups in total. The topological polar surface area (TPSA) is 32.5 Å². The number of nitrogen functional groups attached to an aromatic ring is 1. The van der Waals surface area contributed by atoms with Gasteiger partial charge in [-0.2, -0.15) is 0 Å². The molecule has 0 spiro atoms. The van der Waals surface area contributed by atoms with Crippen molar-refractivity contribution in [1.82, 2.24) is 9.80 Å². The number of allylic oxidation sites excluding steroid dienone is 1. The predicted molar refractivity (Wildman–Crippen MR) is 103 cm³/mol. The molecule has 132 valence electrons. The fourth-order valence-electron chi connectivity index (χ4n) is 4.47. The normalized spacial score (nSPS) is 23.0. The van der Waals surface area contributed by atoms with Crippen LogP contribution in [0.25, 0.3) is 0 Å². The van der Waals surface area contributed by atoms with Crippen molar-refractivity contribution in [1.29, 1.82) is 0 Å². The molecular weight excluding hydrogens is 294 g/mol. The van der Waals surface area contributed by atoms with Gasteiger partial charge >= 0.3 is 0 Å². The lowest BCUT2D eigenvalue weighted by Gasteiger charge is -2.43. The number of piperazine rings is 1. The molecule has 1 aliphatic carbocycles. The van der Waals surface area contributed by atoms with Crippen LogP contribution in [0.15, 0.2) is 24.4 Å². The second-order valence-corrected chi connectivity index (χ2v) is 7.89. The third kappa shape index (κ3) is 3.61. The van der Waals surface area contributed by atoms with Gasteiger partial charge in [0.1, 0.15) is 0 Å². The van der Waals surface area contributed by atoms with Gasteiger partial charge in [-0.1, -0.05) is 25.5 Å². The van der Waals surface area contributed by atoms with E-state index in [0.29, 0.717) is 6.04 Å². The largest absolute Gasteiger partial charge is 0.398 e. The summed E-state index contributed by atoms with van der Waals surface area (Å²) in [5.74, 6) is 0.734. The van der Waals surface area contributed by atoms with Crippen LogP contribution >= 0.6 is 0 Å². The Morgan fingerprint density at radius 1 is 1.21 bits per heavy atom. The van der Waals surface area contributed by atoms with Crippen molar-refractivity contribution in [3.05, 3.63) is 41.1 Å². The van der Waals surface area contributed by atoms with E-state index >= 15 is 0 Å². The van der Waals surface area contributed by atoms with Gasteiger partial charge in [-0.3, -0.25) is 4.90 Å². The van der Waals surface area contributed by atoms with Gasteiger partial charge in [0.15, 0.2) is 0 Å². The summed E-state index contributed by atoms with van der Waals surface area (Å²) < 4.78 is 0. The van der Waals surface area contributed by atoms with E-state index in [-0.39, 0.29) is 0 Å². The van der Waals surface area contributed by atoms with Crippen LogP contribution in [-0.4, -0.2) is 35.5 Å². The van der Waals surface area contributed by atoms with Crippen molar-refractivity contribution in [2.75, 3.05) is 25.4 Å². The lowest BCUT2D eigenvalue weighted by atomic mass is 10.00. The third-order valence-corrected chi connectivity index (χ3v) is 6.00. The molecule has 1 heterocycles. The Morgan fingerprint density at radius 2 is 1.92 bits per heavy atom. The number of rotatable bonds is 4. The van der Waals surface area contributed by atoms with E-state index in [1.54, 1.807) is 0 Å². The third-order valence-electron chi connectivity index (χ3n) is 6.00. The maximum atomic E-state index is 6.15. The van der Waals surface area contributed by atoms with E-state index in [4.69, 9.17) is 5.73 Å². The Kier molecular flexibility index (Phi) is 5.19. The smallest absolute Gasteiger partial charge is 0.0386 e. The van der Waals surface area contributed by atoms with Gasteiger partial charge in [-0.15, -0.1) is 0 Å². The van der Waals surface area contributed by atoms with E-state index in [9.17, 15) is 0 Å². The molecule has 1 aliphatic heterocycles. The van der Waals surface area contributed by atoms with Crippen LogP contribution in [0.3, 0.4) is 0 Å². The molecule has 0 unspecified atom stereocenters. The molecule has 1 aromatic carbocycles. The van der Waals surface area contributed by atoms with Gasteiger partial charge in [-0.25, -0.2) is 0 Å². The fraction of sp³-hybridized carbons (Fsp3) is 0.619. The molecule has 1 saturated heterocycles. The molecule has 0 aromatic heterocycles. The van der Waals surface area contributed by atoms with E-state index in [2.05, 4.69) is 49.3 Å². The van der Waals surface area contributed by atoms with Crippen LogP contribution in [0.4, 0.5) is 5.69 Å². The lowest BCUT2D eigenvalue weighted by Crippen LogP contribution is -2.51. The molecule has 1 atom stereocenters. The summed E-state index contributed by atoms with van der Waals surface area (Å²) in [6.07, 6.45) is 5.44. The fourth-order valence-corrected chi connectivity index (χ4v) is 4.47. The van der Waals surface area contributed by atoms with Crippen LogP contribution in [0.1, 0.15) is 49.3 Å². The van der Waals surface area contributed by atoms with E-state index in [0.717, 1.165) is 37.8 Å². The molecule has 2 aliphatic rings. The summed E-state index contributed by atoms with van der Waals surface area (Å²) in [5, 5.41) is 0. The molecule has 1 saturated carbocycles. The summed E-state index contributed by atoms with van der Waals surface area (Å²) in [6.45, 7) is 15.4. The summed E-state index contributed by atoms with van der Waals surface area (Å²) >= 11 is 0. The number of anilines is 1. The maximum absolute atomic E-state index is 6.15. The van der Waals surface area contributed by atoms with Gasteiger partial charge in [-0.05, 0) is 62.3 Å². The number of hydrogen-bond acceptors (Lipinski definition) is 3. The SMILES string of the molecule is C=C(C1CCCC1)N1CCN(Cc2cc(C)cc(N)c2C)C[C@@H]1C. The highest BCUT2D eigenvalue weighted by atomic mass is 15.3. The molecule has 3 heteroatoms. The number of aryl methyl sites for hydroxylation is 1. The second-order valence-electron chi connectivity index (χ2n) is 7.89. The first-order chi connectivity index (χ1) is 11.5. The van der Waals surface area contributed by atoms with Crippen molar-refractivity contribution in [2.45, 2.75) is 59.0 Å². The first kappa shape index (κ1) is 17.3.